The Morgan fingerprint density at radius 1 is 0.903 bits per heavy atom. The van der Waals surface area contributed by atoms with E-state index in [2.05, 4.69) is 10.6 Å². The molecule has 0 aliphatic carbocycles. The number of non-ortho nitro benzene ring substituents is 1. The van der Waals surface area contributed by atoms with Crippen molar-refractivity contribution < 1.29 is 10.0 Å². The van der Waals surface area contributed by atoms with E-state index in [1.54, 1.807) is 18.2 Å². The van der Waals surface area contributed by atoms with Gasteiger partial charge in [0.15, 0.2) is 5.11 Å². The van der Waals surface area contributed by atoms with Crippen molar-refractivity contribution in [3.8, 4) is 5.75 Å². The van der Waals surface area contributed by atoms with E-state index >= 15 is 0 Å². The Hall–Kier alpha value is -3.97. The maximum Gasteiger partial charge on any atom is 0.269 e. The van der Waals surface area contributed by atoms with Crippen molar-refractivity contribution in [1.29, 1.82) is 0 Å². The zero-order valence-corrected chi connectivity index (χ0v) is 17.2. The molecule has 0 radical (unpaired) electrons. The number of aromatic hydroxyl groups is 1. The first-order chi connectivity index (χ1) is 15.0. The van der Waals surface area contributed by atoms with Gasteiger partial charge < -0.3 is 15.7 Å². The second-order valence-corrected chi connectivity index (χ2v) is 7.37. The van der Waals surface area contributed by atoms with Gasteiger partial charge in [0.1, 0.15) is 5.75 Å². The van der Waals surface area contributed by atoms with Crippen LogP contribution < -0.4 is 10.6 Å². The summed E-state index contributed by atoms with van der Waals surface area (Å²) in [6.45, 7) is 0. The van der Waals surface area contributed by atoms with E-state index in [0.717, 1.165) is 22.0 Å². The van der Waals surface area contributed by atoms with Gasteiger partial charge in [-0.15, -0.1) is 0 Å². The molecule has 31 heavy (non-hydrogen) atoms. The fourth-order valence-electron chi connectivity index (χ4n) is 3.52. The Bertz CT molecular complexity index is 1240. The molecular weight excluding hydrogens is 410 g/mol. The first kappa shape index (κ1) is 20.3. The number of phenols is 1. The maximum absolute atomic E-state index is 11.1. The number of nitro groups is 1. The minimum Gasteiger partial charge on any atom is -0.508 e. The number of fused-ring (bicyclic) bond motifs is 1. The summed E-state index contributed by atoms with van der Waals surface area (Å²) in [5.74, 6) is 0.108. The van der Waals surface area contributed by atoms with E-state index in [1.807, 2.05) is 60.7 Å². The Labute approximate surface area is 184 Å². The van der Waals surface area contributed by atoms with Crippen molar-refractivity contribution in [1.82, 2.24) is 5.32 Å². The number of thiocarbonyl (C=S) groups is 1. The predicted octanol–water partition coefficient (Wildman–Crippen LogP) is 5.53. The lowest BCUT2D eigenvalue weighted by Gasteiger charge is -2.24. The predicted molar refractivity (Wildman–Crippen MR) is 126 cm³/mol. The molecular formula is C24H19N3O3S. The summed E-state index contributed by atoms with van der Waals surface area (Å²) in [6.07, 6.45) is 0. The molecule has 4 aromatic rings. The molecule has 0 saturated heterocycles. The third kappa shape index (κ3) is 4.46. The Kier molecular flexibility index (Phi) is 5.77. The number of nitro benzene ring substituents is 1. The topological polar surface area (TPSA) is 87.4 Å². The summed E-state index contributed by atoms with van der Waals surface area (Å²) < 4.78 is 0. The minimum atomic E-state index is -0.532. The molecule has 1 atom stereocenters. The van der Waals surface area contributed by atoms with Crippen LogP contribution in [-0.4, -0.2) is 15.1 Å². The quantitative estimate of drug-likeness (QED) is 0.220. The van der Waals surface area contributed by atoms with Crippen LogP contribution in [0.15, 0.2) is 91.0 Å². The third-order valence-corrected chi connectivity index (χ3v) is 5.20. The highest BCUT2D eigenvalue weighted by molar-refractivity contribution is 7.80. The number of para-hydroxylation sites is 1. The van der Waals surface area contributed by atoms with Crippen LogP contribution in [0, 0.1) is 10.1 Å². The number of benzene rings is 4. The highest BCUT2D eigenvalue weighted by Gasteiger charge is 2.22. The summed E-state index contributed by atoms with van der Waals surface area (Å²) >= 11 is 5.53. The number of rotatable bonds is 5. The Morgan fingerprint density at radius 3 is 2.29 bits per heavy atom. The molecule has 154 valence electrons. The van der Waals surface area contributed by atoms with E-state index < -0.39 is 11.0 Å². The third-order valence-electron chi connectivity index (χ3n) is 4.98. The number of phenolic OH excluding ortho intramolecular Hbond substituents is 1. The smallest absolute Gasteiger partial charge is 0.269 e. The van der Waals surface area contributed by atoms with Gasteiger partial charge in [-0.3, -0.25) is 10.1 Å². The second kappa shape index (κ2) is 8.81. The number of nitrogens with zero attached hydrogens (tertiary/aromatic N) is 1. The number of anilines is 1. The van der Waals surface area contributed by atoms with Gasteiger partial charge in [0.2, 0.25) is 0 Å². The monoisotopic (exact) mass is 429 g/mol. The lowest BCUT2D eigenvalue weighted by molar-refractivity contribution is -0.384. The maximum atomic E-state index is 11.1. The van der Waals surface area contributed by atoms with Crippen LogP contribution in [0.4, 0.5) is 11.4 Å². The zero-order chi connectivity index (χ0) is 21.8. The van der Waals surface area contributed by atoms with Gasteiger partial charge in [-0.2, -0.15) is 0 Å². The Balaban J connectivity index is 1.77. The molecule has 7 heteroatoms. The van der Waals surface area contributed by atoms with Crippen molar-refractivity contribution in [3.63, 3.8) is 0 Å². The van der Waals surface area contributed by atoms with Crippen LogP contribution in [0.5, 0.6) is 5.75 Å². The summed E-state index contributed by atoms with van der Waals surface area (Å²) in [7, 11) is 0. The van der Waals surface area contributed by atoms with Crippen LogP contribution >= 0.6 is 12.2 Å². The minimum absolute atomic E-state index is 0.00497. The van der Waals surface area contributed by atoms with Gasteiger partial charge >= 0.3 is 0 Å². The van der Waals surface area contributed by atoms with Crippen molar-refractivity contribution in [2.75, 3.05) is 5.32 Å². The molecule has 0 aliphatic heterocycles. The largest absolute Gasteiger partial charge is 0.508 e. The van der Waals surface area contributed by atoms with Crippen LogP contribution in [0.25, 0.3) is 10.8 Å². The molecule has 0 heterocycles. The lowest BCUT2D eigenvalue weighted by Crippen LogP contribution is -2.33. The lowest BCUT2D eigenvalue weighted by atomic mass is 9.92. The van der Waals surface area contributed by atoms with E-state index in [4.69, 9.17) is 12.2 Å². The molecule has 0 aliphatic rings. The molecule has 3 N–H and O–H groups in total. The number of hydrogen-bond donors (Lipinski definition) is 3. The molecule has 0 aromatic heterocycles. The molecule has 0 amide bonds. The molecule has 0 saturated carbocycles. The number of nitrogens with one attached hydrogen (secondary N) is 2. The van der Waals surface area contributed by atoms with Crippen LogP contribution in [0.2, 0.25) is 0 Å². The average molecular weight is 430 g/mol. The molecule has 1 unspecified atom stereocenters. The van der Waals surface area contributed by atoms with Gasteiger partial charge in [-0.1, -0.05) is 48.5 Å². The highest BCUT2D eigenvalue weighted by Crippen LogP contribution is 2.36. The van der Waals surface area contributed by atoms with Gasteiger partial charge in [0, 0.05) is 23.4 Å². The van der Waals surface area contributed by atoms with Crippen LogP contribution in [0.1, 0.15) is 17.2 Å². The highest BCUT2D eigenvalue weighted by atomic mass is 32.1. The SMILES string of the molecule is O=[N+]([O-])c1ccc(C(NC(=S)Nc2ccccc2)c2c(O)ccc3ccccc23)cc1. The fourth-order valence-corrected chi connectivity index (χ4v) is 3.75. The first-order valence-corrected chi connectivity index (χ1v) is 10.0. The molecule has 0 spiro atoms. The summed E-state index contributed by atoms with van der Waals surface area (Å²) in [6, 6.07) is 26.4. The van der Waals surface area contributed by atoms with Gasteiger partial charge in [0.25, 0.3) is 5.69 Å². The second-order valence-electron chi connectivity index (χ2n) is 6.97. The van der Waals surface area contributed by atoms with Crippen molar-refractivity contribution in [2.24, 2.45) is 0 Å². The number of hydrogen-bond acceptors (Lipinski definition) is 4. The van der Waals surface area contributed by atoms with Crippen LogP contribution in [-0.2, 0) is 0 Å². The molecule has 4 aromatic carbocycles. The van der Waals surface area contributed by atoms with E-state index in [9.17, 15) is 15.2 Å². The molecule has 0 fully saturated rings. The molecule has 6 nitrogen and oxygen atoms in total. The first-order valence-electron chi connectivity index (χ1n) is 9.60. The summed E-state index contributed by atoms with van der Waals surface area (Å²) in [5.41, 5.74) is 2.19. The van der Waals surface area contributed by atoms with Crippen molar-refractivity contribution in [2.45, 2.75) is 6.04 Å². The van der Waals surface area contributed by atoms with Gasteiger partial charge in [0.05, 0.1) is 11.0 Å². The normalized spacial score (nSPS) is 11.6. The average Bonchev–Trinajstić information content (AvgIpc) is 2.78. The van der Waals surface area contributed by atoms with Crippen molar-refractivity contribution in [3.05, 3.63) is 112 Å². The molecule has 4 rings (SSSR count). The van der Waals surface area contributed by atoms with Gasteiger partial charge in [-0.05, 0) is 58.9 Å². The van der Waals surface area contributed by atoms with Gasteiger partial charge in [-0.25, -0.2) is 0 Å². The zero-order valence-electron chi connectivity index (χ0n) is 16.4. The van der Waals surface area contributed by atoms with Crippen LogP contribution in [0.3, 0.4) is 0 Å². The Morgan fingerprint density at radius 2 is 1.58 bits per heavy atom. The van der Waals surface area contributed by atoms with Crippen molar-refractivity contribution >= 4 is 39.5 Å². The molecule has 0 bridgehead atoms. The van der Waals surface area contributed by atoms with E-state index in [0.29, 0.717) is 10.7 Å². The fraction of sp³-hybridized carbons (Fsp3) is 0.0417. The van der Waals surface area contributed by atoms with E-state index in [-0.39, 0.29) is 11.4 Å². The summed E-state index contributed by atoms with van der Waals surface area (Å²) in [5, 5.41) is 30.5. The summed E-state index contributed by atoms with van der Waals surface area (Å²) in [4.78, 5) is 10.6. The van der Waals surface area contributed by atoms with E-state index in [1.165, 1.54) is 12.1 Å². The standard InChI is InChI=1S/C24H19N3O3S/c28-21-15-12-16-6-4-5-9-20(16)22(21)23(17-10-13-19(14-11-17)27(29)30)26-24(31)25-18-7-2-1-3-8-18/h1-15,23,28H,(H2,25,26,31).